The molecule has 3 aromatic rings. The molecule has 6 nitrogen and oxygen atoms in total. The quantitative estimate of drug-likeness (QED) is 0.694. The van der Waals surface area contributed by atoms with Crippen molar-refractivity contribution in [2.45, 2.75) is 18.4 Å². The molecule has 0 spiro atoms. The van der Waals surface area contributed by atoms with Gasteiger partial charge in [0.15, 0.2) is 0 Å². The van der Waals surface area contributed by atoms with Crippen LogP contribution in [0, 0.1) is 11.3 Å². The minimum absolute atomic E-state index is 0.100. The molecule has 6 heteroatoms. The number of amides is 1. The van der Waals surface area contributed by atoms with Crippen molar-refractivity contribution in [3.05, 3.63) is 89.0 Å². The van der Waals surface area contributed by atoms with Crippen molar-refractivity contribution in [1.82, 2.24) is 0 Å². The molecule has 0 saturated heterocycles. The van der Waals surface area contributed by atoms with Crippen LogP contribution in [0.3, 0.4) is 0 Å². The van der Waals surface area contributed by atoms with E-state index in [0.29, 0.717) is 16.8 Å². The Bertz CT molecular complexity index is 1210. The van der Waals surface area contributed by atoms with E-state index in [1.165, 1.54) is 0 Å². The van der Waals surface area contributed by atoms with Crippen LogP contribution in [0.5, 0.6) is 0 Å². The molecular formula is C25H18N2O4. The molecule has 0 bridgehead atoms. The number of aliphatic carboxylic acids is 1. The number of benzene rings is 3. The Morgan fingerprint density at radius 3 is 2.29 bits per heavy atom. The fourth-order valence-electron chi connectivity index (χ4n) is 4.58. The summed E-state index contributed by atoms with van der Waals surface area (Å²) in [4.78, 5) is 26.0. The maximum Gasteiger partial charge on any atom is 0.415 e. The number of carboxylic acid groups (broad SMARTS) is 1. The molecule has 31 heavy (non-hydrogen) atoms. The van der Waals surface area contributed by atoms with Crippen molar-refractivity contribution < 1.29 is 19.4 Å². The molecule has 1 atom stereocenters. The number of hydrogen-bond acceptors (Lipinski definition) is 4. The predicted octanol–water partition coefficient (Wildman–Crippen LogP) is 4.32. The van der Waals surface area contributed by atoms with Crippen LogP contribution in [0.2, 0.25) is 0 Å². The van der Waals surface area contributed by atoms with Crippen molar-refractivity contribution in [2.75, 3.05) is 11.5 Å². The molecule has 0 saturated carbocycles. The summed E-state index contributed by atoms with van der Waals surface area (Å²) >= 11 is 0. The van der Waals surface area contributed by atoms with Crippen LogP contribution in [-0.2, 0) is 16.0 Å². The summed E-state index contributed by atoms with van der Waals surface area (Å²) in [6, 6.07) is 21.9. The van der Waals surface area contributed by atoms with E-state index in [4.69, 9.17) is 4.74 Å². The fourth-order valence-corrected chi connectivity index (χ4v) is 4.58. The van der Waals surface area contributed by atoms with E-state index < -0.39 is 18.1 Å². The number of rotatable bonds is 3. The second kappa shape index (κ2) is 7.29. The Morgan fingerprint density at radius 2 is 1.68 bits per heavy atom. The molecule has 0 radical (unpaired) electrons. The lowest BCUT2D eigenvalue weighted by molar-refractivity contribution is -0.138. The summed E-state index contributed by atoms with van der Waals surface area (Å²) in [5.74, 6) is -1.23. The van der Waals surface area contributed by atoms with Crippen LogP contribution in [0.15, 0.2) is 66.7 Å². The molecule has 5 rings (SSSR count). The smallest absolute Gasteiger partial charge is 0.415 e. The summed E-state index contributed by atoms with van der Waals surface area (Å²) in [5, 5.41) is 18.9. The third-order valence-electron chi connectivity index (χ3n) is 6.02. The van der Waals surface area contributed by atoms with Crippen molar-refractivity contribution in [1.29, 1.82) is 5.26 Å². The minimum atomic E-state index is -1.11. The summed E-state index contributed by atoms with van der Waals surface area (Å²) in [5.41, 5.74) is 5.89. The van der Waals surface area contributed by atoms with E-state index in [9.17, 15) is 20.0 Å². The van der Waals surface area contributed by atoms with Gasteiger partial charge in [-0.05, 0) is 39.9 Å². The second-order valence-corrected chi connectivity index (χ2v) is 7.69. The van der Waals surface area contributed by atoms with Crippen molar-refractivity contribution in [3.63, 3.8) is 0 Å². The van der Waals surface area contributed by atoms with Gasteiger partial charge in [-0.15, -0.1) is 0 Å². The number of carbonyl (C=O) groups is 2. The summed E-state index contributed by atoms with van der Waals surface area (Å²) in [6.07, 6.45) is -0.538. The van der Waals surface area contributed by atoms with Gasteiger partial charge in [-0.25, -0.2) is 9.59 Å². The first-order valence-corrected chi connectivity index (χ1v) is 9.98. The zero-order chi connectivity index (χ0) is 21.5. The van der Waals surface area contributed by atoms with Gasteiger partial charge < -0.3 is 9.84 Å². The lowest BCUT2D eigenvalue weighted by atomic mass is 9.98. The number of nitrogens with zero attached hydrogens (tertiary/aromatic N) is 2. The zero-order valence-electron chi connectivity index (χ0n) is 16.5. The highest BCUT2D eigenvalue weighted by molar-refractivity contribution is 5.98. The third kappa shape index (κ3) is 3.03. The number of fused-ring (bicyclic) bond motifs is 4. The standard InChI is InChI=1S/C25H18N2O4/c26-13-15-9-10-16-12-23(24(28)29)27(22(16)11-15)25(30)31-14-21-19-7-3-1-5-17(19)18-6-2-4-8-20(18)21/h1-11,21,23H,12,14H2,(H,28,29). The van der Waals surface area contributed by atoms with Crippen LogP contribution in [-0.4, -0.2) is 29.8 Å². The Balaban J connectivity index is 1.43. The normalized spacial score (nSPS) is 16.2. The number of hydrogen-bond donors (Lipinski definition) is 1. The van der Waals surface area contributed by atoms with Crippen LogP contribution in [0.4, 0.5) is 10.5 Å². The van der Waals surface area contributed by atoms with Gasteiger partial charge in [0.05, 0.1) is 17.3 Å². The first-order valence-electron chi connectivity index (χ1n) is 9.98. The molecule has 152 valence electrons. The molecule has 3 aromatic carbocycles. The monoisotopic (exact) mass is 410 g/mol. The van der Waals surface area contributed by atoms with Gasteiger partial charge in [-0.3, -0.25) is 4.90 Å². The maximum absolute atomic E-state index is 13.1. The average molecular weight is 410 g/mol. The van der Waals surface area contributed by atoms with E-state index >= 15 is 0 Å². The molecule has 1 unspecified atom stereocenters. The number of carboxylic acids is 1. The van der Waals surface area contributed by atoms with E-state index in [1.807, 2.05) is 42.5 Å². The lowest BCUT2D eigenvalue weighted by Crippen LogP contribution is -2.43. The van der Waals surface area contributed by atoms with Crippen LogP contribution < -0.4 is 4.90 Å². The van der Waals surface area contributed by atoms with Gasteiger partial charge in [-0.2, -0.15) is 5.26 Å². The molecule has 1 aliphatic carbocycles. The molecule has 0 fully saturated rings. The molecule has 1 amide bonds. The van der Waals surface area contributed by atoms with Crippen molar-refractivity contribution in [3.8, 4) is 17.2 Å². The average Bonchev–Trinajstić information content (AvgIpc) is 3.33. The number of ether oxygens (including phenoxy) is 1. The van der Waals surface area contributed by atoms with Gasteiger partial charge in [0.2, 0.25) is 0 Å². The Kier molecular flexibility index (Phi) is 4.45. The Morgan fingerprint density at radius 1 is 1.03 bits per heavy atom. The highest BCUT2D eigenvalue weighted by Gasteiger charge is 2.40. The molecular weight excluding hydrogens is 392 g/mol. The van der Waals surface area contributed by atoms with Crippen LogP contribution in [0.25, 0.3) is 11.1 Å². The highest BCUT2D eigenvalue weighted by atomic mass is 16.6. The lowest BCUT2D eigenvalue weighted by Gasteiger charge is -2.23. The molecule has 0 aromatic heterocycles. The molecule has 1 aliphatic heterocycles. The number of carbonyl (C=O) groups excluding carboxylic acids is 1. The van der Waals surface area contributed by atoms with Gasteiger partial charge in [0.1, 0.15) is 12.6 Å². The van der Waals surface area contributed by atoms with E-state index in [-0.39, 0.29) is 18.9 Å². The Labute approximate surface area is 178 Å². The predicted molar refractivity (Wildman–Crippen MR) is 114 cm³/mol. The fraction of sp³-hybridized carbons (Fsp3) is 0.160. The van der Waals surface area contributed by atoms with Gasteiger partial charge in [0, 0.05) is 12.3 Å². The minimum Gasteiger partial charge on any atom is -0.480 e. The van der Waals surface area contributed by atoms with Crippen LogP contribution >= 0.6 is 0 Å². The first kappa shape index (κ1) is 18.9. The third-order valence-corrected chi connectivity index (χ3v) is 6.02. The maximum atomic E-state index is 13.1. The van der Waals surface area contributed by atoms with Gasteiger partial charge in [-0.1, -0.05) is 54.6 Å². The van der Waals surface area contributed by atoms with Gasteiger partial charge in [0.25, 0.3) is 0 Å². The molecule has 1 N–H and O–H groups in total. The van der Waals surface area contributed by atoms with Crippen molar-refractivity contribution in [2.24, 2.45) is 0 Å². The highest BCUT2D eigenvalue weighted by Crippen LogP contribution is 2.44. The Hall–Kier alpha value is -4.11. The first-order chi connectivity index (χ1) is 15.1. The summed E-state index contributed by atoms with van der Waals surface area (Å²) in [7, 11) is 0. The molecule has 1 heterocycles. The van der Waals surface area contributed by atoms with E-state index in [2.05, 4.69) is 12.1 Å². The van der Waals surface area contributed by atoms with E-state index in [0.717, 1.165) is 27.2 Å². The second-order valence-electron chi connectivity index (χ2n) is 7.69. The van der Waals surface area contributed by atoms with E-state index in [1.54, 1.807) is 18.2 Å². The number of anilines is 1. The zero-order valence-corrected chi connectivity index (χ0v) is 16.5. The SMILES string of the molecule is N#Cc1ccc2c(c1)N(C(=O)OCC1c3ccccc3-c3ccccc31)C(C(=O)O)C2. The largest absolute Gasteiger partial charge is 0.480 e. The van der Waals surface area contributed by atoms with Crippen molar-refractivity contribution >= 4 is 17.7 Å². The van der Waals surface area contributed by atoms with Gasteiger partial charge >= 0.3 is 12.1 Å². The molecule has 2 aliphatic rings. The number of nitriles is 1. The summed E-state index contributed by atoms with van der Waals surface area (Å²) in [6.45, 7) is 0.100. The van der Waals surface area contributed by atoms with Crippen LogP contribution in [0.1, 0.15) is 28.2 Å². The topological polar surface area (TPSA) is 90.6 Å². The summed E-state index contributed by atoms with van der Waals surface area (Å²) < 4.78 is 5.68.